The number of aliphatic hydroxyl groups is 1. The number of carbonyl (C=O) groups is 3. The first-order valence-electron chi connectivity index (χ1n) is 28.8. The molecule has 2 N–H and O–H groups in total. The van der Waals surface area contributed by atoms with E-state index in [0.29, 0.717) is 19.3 Å². The van der Waals surface area contributed by atoms with Gasteiger partial charge in [-0.25, -0.2) is 4.57 Å². The van der Waals surface area contributed by atoms with Gasteiger partial charge < -0.3 is 24.2 Å². The van der Waals surface area contributed by atoms with E-state index in [2.05, 4.69) is 93.7 Å². The van der Waals surface area contributed by atoms with E-state index in [4.69, 9.17) is 23.3 Å². The van der Waals surface area contributed by atoms with Crippen LogP contribution >= 0.6 is 7.82 Å². The molecular weight excluding hydrogens is 928 g/mol. The number of allylic oxidation sites excluding steroid dienone is 12. The number of carbonyl (C=O) groups excluding carboxylic acids is 3. The fourth-order valence-corrected chi connectivity index (χ4v) is 8.51. The molecule has 0 amide bonds. The molecule has 416 valence electrons. The van der Waals surface area contributed by atoms with E-state index >= 15 is 0 Å². The molecule has 0 radical (unpaired) electrons. The minimum absolute atomic E-state index is 0.140. The van der Waals surface area contributed by atoms with Crippen LogP contribution in [0.15, 0.2) is 72.9 Å². The molecule has 11 nitrogen and oxygen atoms in total. The van der Waals surface area contributed by atoms with Crippen molar-refractivity contribution in [2.24, 2.45) is 0 Å². The van der Waals surface area contributed by atoms with Gasteiger partial charge in [0.05, 0.1) is 19.8 Å². The van der Waals surface area contributed by atoms with Crippen LogP contribution in [0.5, 0.6) is 0 Å². The van der Waals surface area contributed by atoms with Gasteiger partial charge in [-0.1, -0.05) is 216 Å². The van der Waals surface area contributed by atoms with Crippen molar-refractivity contribution in [1.82, 2.24) is 0 Å². The van der Waals surface area contributed by atoms with Crippen molar-refractivity contribution < 1.29 is 52.2 Å². The highest BCUT2D eigenvalue weighted by atomic mass is 31.2. The number of aliphatic hydroxyl groups excluding tert-OH is 1. The van der Waals surface area contributed by atoms with E-state index in [1.165, 1.54) is 83.5 Å². The highest BCUT2D eigenvalue weighted by Crippen LogP contribution is 2.43. The molecule has 0 fully saturated rings. The number of hydrogen-bond donors (Lipinski definition) is 2. The highest BCUT2D eigenvalue weighted by molar-refractivity contribution is 7.47. The number of ether oxygens (including phenoxy) is 3. The van der Waals surface area contributed by atoms with Crippen molar-refractivity contribution >= 4 is 25.7 Å². The van der Waals surface area contributed by atoms with Crippen LogP contribution in [0.25, 0.3) is 0 Å². The molecule has 0 aliphatic carbocycles. The van der Waals surface area contributed by atoms with Crippen LogP contribution in [0.2, 0.25) is 0 Å². The minimum Gasteiger partial charge on any atom is -0.462 e. The molecule has 0 bridgehead atoms. The number of hydrogen-bond acceptors (Lipinski definition) is 10. The minimum atomic E-state index is -4.76. The van der Waals surface area contributed by atoms with Crippen molar-refractivity contribution in [3.63, 3.8) is 0 Å². The van der Waals surface area contributed by atoms with Crippen LogP contribution in [0, 0.1) is 0 Å². The quantitative estimate of drug-likeness (QED) is 0.0197. The Bertz CT molecular complexity index is 1490. The third-order valence-electron chi connectivity index (χ3n) is 12.1. The summed E-state index contributed by atoms with van der Waals surface area (Å²) in [5, 5.41) is 9.79. The SMILES string of the molecule is CC/C=C\C/C=C\C/C=C\CCCCCC(=O)OC(CO)COP(=O)(O)OCC(COC(=O)CCCCCCCCCCCCCCC)OC(=O)CCCCCCCC/C=C\C/C=C\C/C=C\CCCCC. The van der Waals surface area contributed by atoms with Crippen molar-refractivity contribution in [3.05, 3.63) is 72.9 Å². The van der Waals surface area contributed by atoms with Gasteiger partial charge in [0.2, 0.25) is 0 Å². The van der Waals surface area contributed by atoms with Gasteiger partial charge in [0, 0.05) is 19.3 Å². The van der Waals surface area contributed by atoms with Crippen molar-refractivity contribution in [2.75, 3.05) is 26.4 Å². The van der Waals surface area contributed by atoms with Gasteiger partial charge in [0.15, 0.2) is 6.10 Å². The molecule has 0 aromatic rings. The lowest BCUT2D eigenvalue weighted by Gasteiger charge is -2.21. The Labute approximate surface area is 439 Å². The zero-order valence-corrected chi connectivity index (χ0v) is 46.8. The molecule has 3 unspecified atom stereocenters. The molecule has 0 saturated carbocycles. The Morgan fingerprint density at radius 3 is 1.15 bits per heavy atom. The average Bonchev–Trinajstić information content (AvgIpc) is 3.37. The smallest absolute Gasteiger partial charge is 0.462 e. The molecule has 3 atom stereocenters. The van der Waals surface area contributed by atoms with E-state index in [9.17, 15) is 28.9 Å². The molecule has 0 spiro atoms. The van der Waals surface area contributed by atoms with Gasteiger partial charge in [-0.15, -0.1) is 0 Å². The van der Waals surface area contributed by atoms with Crippen LogP contribution in [0.1, 0.15) is 252 Å². The Kier molecular flexibility index (Phi) is 51.9. The second-order valence-electron chi connectivity index (χ2n) is 19.1. The fourth-order valence-electron chi connectivity index (χ4n) is 7.73. The second-order valence-corrected chi connectivity index (χ2v) is 20.5. The number of phosphoric ester groups is 1. The summed E-state index contributed by atoms with van der Waals surface area (Å²) in [6.45, 7) is 4.46. The van der Waals surface area contributed by atoms with Crippen LogP contribution in [0.3, 0.4) is 0 Å². The number of esters is 3. The summed E-state index contributed by atoms with van der Waals surface area (Å²) in [7, 11) is -4.76. The van der Waals surface area contributed by atoms with Crippen LogP contribution < -0.4 is 0 Å². The summed E-state index contributed by atoms with van der Waals surface area (Å²) in [5.74, 6) is -1.50. The number of phosphoric acid groups is 1. The van der Waals surface area contributed by atoms with E-state index in [0.717, 1.165) is 109 Å². The Morgan fingerprint density at radius 2 is 0.722 bits per heavy atom. The molecule has 0 aromatic carbocycles. The summed E-state index contributed by atoms with van der Waals surface area (Å²) in [5.41, 5.74) is 0. The standard InChI is InChI=1S/C60H105O11P/c1-4-7-10-13-16-19-22-25-26-27-28-29-30-33-36-39-42-45-48-51-60(64)71-57(53-67-58(62)49-46-43-40-37-34-31-23-20-17-14-11-8-5-2)55-69-72(65,66)68-54-56(52-61)70-59(63)50-47-44-41-38-35-32-24-21-18-15-12-9-6-3/h9,12,16,18-19,21,25-26,28-29,32,35,56-57,61H,4-8,10-11,13-15,17,20,22-24,27,30-31,33-34,36-55H2,1-3H3,(H,65,66)/b12-9-,19-16-,21-18-,26-25-,29-28-,35-32-. The Morgan fingerprint density at radius 1 is 0.403 bits per heavy atom. The van der Waals surface area contributed by atoms with Gasteiger partial charge in [0.1, 0.15) is 12.7 Å². The molecule has 0 saturated heterocycles. The van der Waals surface area contributed by atoms with Crippen molar-refractivity contribution in [3.8, 4) is 0 Å². The van der Waals surface area contributed by atoms with Gasteiger partial charge >= 0.3 is 25.7 Å². The second kappa shape index (κ2) is 54.2. The van der Waals surface area contributed by atoms with E-state index < -0.39 is 57.8 Å². The molecular formula is C60H105O11P. The van der Waals surface area contributed by atoms with Gasteiger partial charge in [0.25, 0.3) is 0 Å². The van der Waals surface area contributed by atoms with Gasteiger partial charge in [-0.3, -0.25) is 23.4 Å². The largest absolute Gasteiger partial charge is 0.472 e. The average molecular weight is 1030 g/mol. The zero-order chi connectivity index (χ0) is 52.7. The van der Waals surface area contributed by atoms with E-state index in [1.807, 2.05) is 0 Å². The summed E-state index contributed by atoms with van der Waals surface area (Å²) in [6.07, 6.45) is 60.0. The lowest BCUT2D eigenvalue weighted by Crippen LogP contribution is -2.30. The molecule has 0 rings (SSSR count). The zero-order valence-electron chi connectivity index (χ0n) is 45.9. The molecule has 0 heterocycles. The van der Waals surface area contributed by atoms with E-state index in [-0.39, 0.29) is 25.9 Å². The van der Waals surface area contributed by atoms with Crippen LogP contribution in [-0.4, -0.2) is 66.5 Å². The fraction of sp³-hybridized carbons (Fsp3) is 0.750. The topological polar surface area (TPSA) is 155 Å². The van der Waals surface area contributed by atoms with E-state index in [1.54, 1.807) is 0 Å². The summed E-state index contributed by atoms with van der Waals surface area (Å²) in [4.78, 5) is 48.5. The molecule has 12 heteroatoms. The predicted molar refractivity (Wildman–Crippen MR) is 298 cm³/mol. The molecule has 0 aromatic heterocycles. The number of unbranched alkanes of at least 4 members (excludes halogenated alkanes) is 24. The third kappa shape index (κ3) is 51.8. The first-order chi connectivity index (χ1) is 35.2. The summed E-state index contributed by atoms with van der Waals surface area (Å²) < 4.78 is 39.5. The van der Waals surface area contributed by atoms with Crippen LogP contribution in [0.4, 0.5) is 0 Å². The first kappa shape index (κ1) is 68.9. The maximum absolute atomic E-state index is 12.9. The monoisotopic (exact) mass is 1030 g/mol. The van der Waals surface area contributed by atoms with Crippen LogP contribution in [-0.2, 0) is 42.2 Å². The van der Waals surface area contributed by atoms with Crippen molar-refractivity contribution in [1.29, 1.82) is 0 Å². The maximum Gasteiger partial charge on any atom is 0.472 e. The summed E-state index contributed by atoms with van der Waals surface area (Å²) in [6, 6.07) is 0. The third-order valence-corrected chi connectivity index (χ3v) is 13.1. The van der Waals surface area contributed by atoms with Gasteiger partial charge in [-0.2, -0.15) is 0 Å². The van der Waals surface area contributed by atoms with Gasteiger partial charge in [-0.05, 0) is 89.9 Å². The maximum atomic E-state index is 12.9. The lowest BCUT2D eigenvalue weighted by molar-refractivity contribution is -0.161. The molecule has 72 heavy (non-hydrogen) atoms. The molecule has 0 aliphatic heterocycles. The lowest BCUT2D eigenvalue weighted by atomic mass is 10.0. The summed E-state index contributed by atoms with van der Waals surface area (Å²) >= 11 is 0. The van der Waals surface area contributed by atoms with Crippen molar-refractivity contribution in [2.45, 2.75) is 264 Å². The molecule has 0 aliphatic rings. The Hall–Kier alpha value is -3.08. The Balaban J connectivity index is 4.76. The normalized spacial score (nSPS) is 13.9. The number of rotatable bonds is 53. The first-order valence-corrected chi connectivity index (χ1v) is 30.3. The highest BCUT2D eigenvalue weighted by Gasteiger charge is 2.28. The predicted octanol–water partition coefficient (Wildman–Crippen LogP) is 16.9.